The van der Waals surface area contributed by atoms with Crippen LogP contribution in [-0.4, -0.2) is 31.4 Å². The molecule has 0 amide bonds. The quantitative estimate of drug-likeness (QED) is 0.571. The molecule has 0 fully saturated rings. The third-order valence-corrected chi connectivity index (χ3v) is 7.95. The maximum absolute atomic E-state index is 6.12. The average molecular weight is 252 g/mol. The molecule has 0 aliphatic rings. The van der Waals surface area contributed by atoms with Crippen LogP contribution >= 0.6 is 0 Å². The molecule has 0 aliphatic carbocycles. The molecule has 0 atom stereocenters. The first-order valence-corrected chi connectivity index (χ1v) is 8.85. The largest absolute Gasteiger partial charge is 0.415 e. The fraction of sp³-hybridized carbons (Fsp3) is 0.667. The lowest BCUT2D eigenvalue weighted by Gasteiger charge is -2.27. The molecule has 17 heavy (non-hydrogen) atoms. The molecule has 0 aliphatic heterocycles. The second kappa shape index (κ2) is 7.40. The van der Waals surface area contributed by atoms with Crippen molar-refractivity contribution < 1.29 is 4.43 Å². The highest BCUT2D eigenvalue weighted by molar-refractivity contribution is 6.73. The van der Waals surface area contributed by atoms with E-state index in [0.29, 0.717) is 0 Å². The molecule has 1 N–H and O–H groups in total. The van der Waals surface area contributed by atoms with Gasteiger partial charge >= 0.3 is 0 Å². The van der Waals surface area contributed by atoms with E-state index in [1.165, 1.54) is 18.1 Å². The molecule has 95 valence electrons. The molecule has 0 aromatic carbocycles. The third-order valence-electron chi connectivity index (χ3n) is 3.27. The van der Waals surface area contributed by atoms with Crippen LogP contribution in [0.5, 0.6) is 0 Å². The number of rotatable bonds is 8. The molecule has 0 saturated heterocycles. The fourth-order valence-corrected chi connectivity index (χ4v) is 4.51. The molecule has 1 heterocycles. The van der Waals surface area contributed by atoms with E-state index in [-0.39, 0.29) is 0 Å². The third kappa shape index (κ3) is 4.44. The number of aromatic nitrogens is 2. The predicted molar refractivity (Wildman–Crippen MR) is 72.5 cm³/mol. The van der Waals surface area contributed by atoms with Gasteiger partial charge in [-0.2, -0.15) is 0 Å². The van der Waals surface area contributed by atoms with Crippen molar-refractivity contribution in [2.45, 2.75) is 38.9 Å². The Balaban J connectivity index is 2.28. The molecule has 5 heteroatoms. The van der Waals surface area contributed by atoms with E-state index in [1.807, 2.05) is 0 Å². The normalized spacial score (nSPS) is 11.5. The Bertz CT molecular complexity index is 296. The lowest BCUT2D eigenvalue weighted by molar-refractivity contribution is 0.314. The number of nitrogens with one attached hydrogen (secondary N) is 1. The van der Waals surface area contributed by atoms with Crippen molar-refractivity contribution in [1.82, 2.24) is 9.97 Å². The number of hydrogen-bond donors (Lipinski definition) is 1. The van der Waals surface area contributed by atoms with Crippen LogP contribution in [0, 0.1) is 6.20 Å². The number of nitrogens with zero attached hydrogens (tertiary/aromatic N) is 2. The SMILES string of the molecule is CC[Si](CC)(CC)OCCNc1cn[c]cn1. The molecule has 1 rings (SSSR count). The van der Waals surface area contributed by atoms with Crippen molar-refractivity contribution in [2.75, 3.05) is 18.5 Å². The molecule has 1 aromatic heterocycles. The van der Waals surface area contributed by atoms with Gasteiger partial charge in [0.15, 0.2) is 8.32 Å². The maximum Gasteiger partial charge on any atom is 0.192 e. The lowest BCUT2D eigenvalue weighted by atomic mass is 10.6. The van der Waals surface area contributed by atoms with Gasteiger partial charge in [-0.25, -0.2) is 9.97 Å². The summed E-state index contributed by atoms with van der Waals surface area (Å²) < 4.78 is 6.12. The van der Waals surface area contributed by atoms with Crippen LogP contribution in [0.15, 0.2) is 12.4 Å². The fourth-order valence-electron chi connectivity index (χ4n) is 1.86. The van der Waals surface area contributed by atoms with Gasteiger partial charge in [0.1, 0.15) is 12.0 Å². The van der Waals surface area contributed by atoms with Gasteiger partial charge in [-0.3, -0.25) is 0 Å². The van der Waals surface area contributed by atoms with Gasteiger partial charge in [0, 0.05) is 6.54 Å². The standard InChI is InChI=1S/C12H22N3OSi/c1-4-17(5-2,6-3)16-10-9-15-12-11-13-7-8-14-12/h8,11H,4-6,9-10H2,1-3H3,(H,14,15). The van der Waals surface area contributed by atoms with Crippen LogP contribution in [0.2, 0.25) is 18.1 Å². The summed E-state index contributed by atoms with van der Waals surface area (Å²) in [5, 5.41) is 3.19. The summed E-state index contributed by atoms with van der Waals surface area (Å²) in [6.45, 7) is 8.26. The summed E-state index contributed by atoms with van der Waals surface area (Å²) in [7, 11) is -1.44. The topological polar surface area (TPSA) is 47.0 Å². The van der Waals surface area contributed by atoms with Gasteiger partial charge in [0.25, 0.3) is 0 Å². The zero-order valence-electron chi connectivity index (χ0n) is 11.0. The Morgan fingerprint density at radius 1 is 1.29 bits per heavy atom. The van der Waals surface area contributed by atoms with Crippen LogP contribution in [-0.2, 0) is 4.43 Å². The first-order chi connectivity index (χ1) is 8.26. The van der Waals surface area contributed by atoms with Gasteiger partial charge in [-0.1, -0.05) is 20.8 Å². The van der Waals surface area contributed by atoms with Gasteiger partial charge < -0.3 is 9.74 Å². The van der Waals surface area contributed by atoms with E-state index in [2.05, 4.69) is 42.3 Å². The van der Waals surface area contributed by atoms with E-state index in [4.69, 9.17) is 4.43 Å². The van der Waals surface area contributed by atoms with E-state index < -0.39 is 8.32 Å². The zero-order valence-corrected chi connectivity index (χ0v) is 12.0. The Kier molecular flexibility index (Phi) is 6.14. The number of anilines is 1. The minimum absolute atomic E-state index is 0.752. The highest BCUT2D eigenvalue weighted by Crippen LogP contribution is 2.21. The highest BCUT2D eigenvalue weighted by Gasteiger charge is 2.28. The summed E-state index contributed by atoms with van der Waals surface area (Å²) >= 11 is 0. The van der Waals surface area contributed by atoms with E-state index >= 15 is 0 Å². The minimum Gasteiger partial charge on any atom is -0.415 e. The summed E-state index contributed by atoms with van der Waals surface area (Å²) in [5.74, 6) is 0.782. The molecule has 4 nitrogen and oxygen atoms in total. The van der Waals surface area contributed by atoms with E-state index in [9.17, 15) is 0 Å². The molecular formula is C12H22N3OSi. The van der Waals surface area contributed by atoms with Crippen LogP contribution < -0.4 is 5.32 Å². The Morgan fingerprint density at radius 3 is 2.53 bits per heavy atom. The van der Waals surface area contributed by atoms with Crippen LogP contribution in [0.1, 0.15) is 20.8 Å². The van der Waals surface area contributed by atoms with Crippen LogP contribution in [0.4, 0.5) is 5.82 Å². The Morgan fingerprint density at radius 2 is 2.00 bits per heavy atom. The van der Waals surface area contributed by atoms with Crippen LogP contribution in [0.3, 0.4) is 0 Å². The molecule has 0 spiro atoms. The van der Waals surface area contributed by atoms with Gasteiger partial charge in [0.05, 0.1) is 19.0 Å². The molecule has 1 aromatic rings. The summed E-state index contributed by atoms with van der Waals surface area (Å²) in [6.07, 6.45) is 5.88. The van der Waals surface area contributed by atoms with Crippen LogP contribution in [0.25, 0.3) is 0 Å². The first kappa shape index (κ1) is 14.1. The maximum atomic E-state index is 6.12. The van der Waals surface area contributed by atoms with Crippen molar-refractivity contribution in [1.29, 1.82) is 0 Å². The average Bonchev–Trinajstić information content (AvgIpc) is 2.41. The zero-order chi connectivity index (χ0) is 12.6. The Hall–Kier alpha value is -0.943. The summed E-state index contributed by atoms with van der Waals surface area (Å²) in [5.41, 5.74) is 0. The van der Waals surface area contributed by atoms with Gasteiger partial charge in [-0.05, 0) is 18.1 Å². The summed E-state index contributed by atoms with van der Waals surface area (Å²) in [6, 6.07) is 3.58. The molecule has 0 unspecified atom stereocenters. The van der Waals surface area contributed by atoms with Crippen molar-refractivity contribution in [2.24, 2.45) is 0 Å². The molecule has 0 bridgehead atoms. The van der Waals surface area contributed by atoms with Crippen molar-refractivity contribution in [3.63, 3.8) is 0 Å². The highest BCUT2D eigenvalue weighted by atomic mass is 28.4. The lowest BCUT2D eigenvalue weighted by Crippen LogP contribution is -2.37. The van der Waals surface area contributed by atoms with E-state index in [1.54, 1.807) is 12.4 Å². The minimum atomic E-state index is -1.44. The van der Waals surface area contributed by atoms with Gasteiger partial charge in [-0.15, -0.1) is 0 Å². The predicted octanol–water partition coefficient (Wildman–Crippen LogP) is 2.71. The molecule has 1 radical (unpaired) electrons. The van der Waals surface area contributed by atoms with E-state index in [0.717, 1.165) is 19.0 Å². The van der Waals surface area contributed by atoms with Gasteiger partial charge in [0.2, 0.25) is 0 Å². The molecule has 0 saturated carbocycles. The smallest absolute Gasteiger partial charge is 0.192 e. The Labute approximate surface area is 105 Å². The second-order valence-electron chi connectivity index (χ2n) is 4.05. The van der Waals surface area contributed by atoms with Crippen molar-refractivity contribution >= 4 is 14.1 Å². The monoisotopic (exact) mass is 252 g/mol. The molecular weight excluding hydrogens is 230 g/mol. The first-order valence-electron chi connectivity index (χ1n) is 6.32. The van der Waals surface area contributed by atoms with Crippen molar-refractivity contribution in [3.8, 4) is 0 Å². The number of hydrogen-bond acceptors (Lipinski definition) is 4. The second-order valence-corrected chi connectivity index (χ2v) is 8.83. The van der Waals surface area contributed by atoms with Crippen molar-refractivity contribution in [3.05, 3.63) is 18.6 Å². The summed E-state index contributed by atoms with van der Waals surface area (Å²) in [4.78, 5) is 7.98.